The van der Waals surface area contributed by atoms with Crippen LogP contribution in [0.15, 0.2) is 36.5 Å². The highest BCUT2D eigenvalue weighted by Gasteiger charge is 2.33. The first-order valence-electron chi connectivity index (χ1n) is 8.75. The van der Waals surface area contributed by atoms with Gasteiger partial charge in [0.15, 0.2) is 11.6 Å². The summed E-state index contributed by atoms with van der Waals surface area (Å²) >= 11 is 0. The van der Waals surface area contributed by atoms with E-state index in [1.165, 1.54) is 12.8 Å². The lowest BCUT2D eigenvalue weighted by atomic mass is 10.2. The van der Waals surface area contributed by atoms with Crippen molar-refractivity contribution in [3.63, 3.8) is 0 Å². The minimum absolute atomic E-state index is 0.0138. The van der Waals surface area contributed by atoms with E-state index in [-0.39, 0.29) is 12.3 Å². The predicted octanol–water partition coefficient (Wildman–Crippen LogP) is 2.42. The second-order valence-corrected chi connectivity index (χ2v) is 6.84. The highest BCUT2D eigenvalue weighted by Crippen LogP contribution is 2.40. The summed E-state index contributed by atoms with van der Waals surface area (Å²) in [6.45, 7) is 0.466. The zero-order valence-corrected chi connectivity index (χ0v) is 14.1. The molecule has 0 saturated heterocycles. The summed E-state index contributed by atoms with van der Waals surface area (Å²) in [5, 5.41) is 0. The Hall–Kier alpha value is -3.22. The van der Waals surface area contributed by atoms with Gasteiger partial charge in [0.2, 0.25) is 5.91 Å². The van der Waals surface area contributed by atoms with E-state index in [9.17, 15) is 4.79 Å². The zero-order valence-electron chi connectivity index (χ0n) is 14.1. The molecule has 1 saturated carbocycles. The van der Waals surface area contributed by atoms with Crippen molar-refractivity contribution in [3.8, 4) is 11.6 Å². The number of hydrogen-bond donors (Lipinski definition) is 2. The number of imidazole rings is 1. The van der Waals surface area contributed by atoms with Gasteiger partial charge in [0.25, 0.3) is 0 Å². The molecule has 1 aromatic carbocycles. The molecule has 130 valence electrons. The van der Waals surface area contributed by atoms with Gasteiger partial charge in [-0.15, -0.1) is 0 Å². The molecule has 5 rings (SSSR count). The van der Waals surface area contributed by atoms with Crippen molar-refractivity contribution in [1.82, 2.24) is 19.9 Å². The number of benzene rings is 1. The normalized spacial score (nSPS) is 16.2. The third-order valence-corrected chi connectivity index (χ3v) is 4.91. The maximum Gasteiger partial charge on any atom is 0.233 e. The van der Waals surface area contributed by atoms with E-state index in [0.717, 1.165) is 11.3 Å². The van der Waals surface area contributed by atoms with Gasteiger partial charge in [0.05, 0.1) is 13.0 Å². The number of aromatic amines is 1. The second kappa shape index (κ2) is 5.66. The number of carbonyl (C=O) groups is 1. The number of nitrogens with one attached hydrogen (secondary N) is 1. The van der Waals surface area contributed by atoms with Crippen molar-refractivity contribution in [2.75, 3.05) is 10.6 Å². The molecule has 1 aliphatic heterocycles. The van der Waals surface area contributed by atoms with E-state index in [2.05, 4.69) is 19.9 Å². The summed E-state index contributed by atoms with van der Waals surface area (Å²) in [6.07, 6.45) is 4.45. The van der Waals surface area contributed by atoms with E-state index in [1.54, 1.807) is 4.90 Å². The fourth-order valence-electron chi connectivity index (χ4n) is 3.33. The SMILES string of the molecule is Nc1nc(-c2ncc(C3CC3)[nH]2)nc2c1CC(=O)N2Cc1ccccc1. The Balaban J connectivity index is 1.52. The number of carbonyl (C=O) groups excluding carboxylic acids is 1. The van der Waals surface area contributed by atoms with Crippen molar-refractivity contribution in [3.05, 3.63) is 53.3 Å². The fourth-order valence-corrected chi connectivity index (χ4v) is 3.33. The molecule has 0 bridgehead atoms. The Labute approximate surface area is 150 Å². The van der Waals surface area contributed by atoms with Crippen LogP contribution >= 0.6 is 0 Å². The molecule has 7 heteroatoms. The molecule has 0 atom stereocenters. The molecule has 0 spiro atoms. The van der Waals surface area contributed by atoms with Crippen molar-refractivity contribution in [2.45, 2.75) is 31.7 Å². The quantitative estimate of drug-likeness (QED) is 0.755. The fraction of sp³-hybridized carbons (Fsp3) is 0.263. The Morgan fingerprint density at radius 3 is 2.77 bits per heavy atom. The third kappa shape index (κ3) is 2.52. The number of fused-ring (bicyclic) bond motifs is 1. The number of amides is 1. The second-order valence-electron chi connectivity index (χ2n) is 6.84. The van der Waals surface area contributed by atoms with Crippen molar-refractivity contribution in [1.29, 1.82) is 0 Å². The van der Waals surface area contributed by atoms with Crippen LogP contribution in [0.25, 0.3) is 11.6 Å². The number of nitrogens with two attached hydrogens (primary N) is 1. The molecule has 3 heterocycles. The van der Waals surface area contributed by atoms with Crippen LogP contribution in [-0.4, -0.2) is 25.8 Å². The lowest BCUT2D eigenvalue weighted by Gasteiger charge is -2.17. The van der Waals surface area contributed by atoms with E-state index in [0.29, 0.717) is 41.3 Å². The average molecular weight is 346 g/mol. The van der Waals surface area contributed by atoms with E-state index in [4.69, 9.17) is 5.73 Å². The van der Waals surface area contributed by atoms with E-state index >= 15 is 0 Å². The van der Waals surface area contributed by atoms with Gasteiger partial charge in [0.1, 0.15) is 11.6 Å². The van der Waals surface area contributed by atoms with E-state index in [1.807, 2.05) is 36.5 Å². The number of anilines is 2. The molecule has 26 heavy (non-hydrogen) atoms. The summed E-state index contributed by atoms with van der Waals surface area (Å²) in [6, 6.07) is 9.85. The number of aromatic nitrogens is 4. The molecule has 3 N–H and O–H groups in total. The molecule has 2 aliphatic rings. The summed E-state index contributed by atoms with van der Waals surface area (Å²) in [7, 11) is 0. The molecule has 0 radical (unpaired) electrons. The van der Waals surface area contributed by atoms with Gasteiger partial charge in [0, 0.05) is 23.4 Å². The molecule has 7 nitrogen and oxygen atoms in total. The van der Waals surface area contributed by atoms with Gasteiger partial charge in [-0.25, -0.2) is 15.0 Å². The van der Waals surface area contributed by atoms with Crippen LogP contribution in [0.3, 0.4) is 0 Å². The Kier molecular flexibility index (Phi) is 3.28. The largest absolute Gasteiger partial charge is 0.383 e. The Morgan fingerprint density at radius 2 is 2.00 bits per heavy atom. The molecule has 2 aromatic heterocycles. The molecule has 0 unspecified atom stereocenters. The minimum Gasteiger partial charge on any atom is -0.383 e. The summed E-state index contributed by atoms with van der Waals surface area (Å²) in [4.78, 5) is 30.9. The molecular weight excluding hydrogens is 328 g/mol. The first-order valence-corrected chi connectivity index (χ1v) is 8.75. The van der Waals surface area contributed by atoms with Gasteiger partial charge in [-0.3, -0.25) is 9.69 Å². The summed E-state index contributed by atoms with van der Waals surface area (Å²) in [5.41, 5.74) is 8.99. The van der Waals surface area contributed by atoms with Crippen LogP contribution in [0.2, 0.25) is 0 Å². The average Bonchev–Trinajstić information content (AvgIpc) is 3.30. The van der Waals surface area contributed by atoms with Crippen LogP contribution in [0.5, 0.6) is 0 Å². The van der Waals surface area contributed by atoms with Crippen molar-refractivity contribution < 1.29 is 4.79 Å². The maximum absolute atomic E-state index is 12.5. The maximum atomic E-state index is 12.5. The summed E-state index contributed by atoms with van der Waals surface area (Å²) < 4.78 is 0. The van der Waals surface area contributed by atoms with Crippen LogP contribution in [0, 0.1) is 0 Å². The number of nitrogen functional groups attached to an aromatic ring is 1. The number of nitrogens with zero attached hydrogens (tertiary/aromatic N) is 4. The highest BCUT2D eigenvalue weighted by molar-refractivity contribution is 6.01. The predicted molar refractivity (Wildman–Crippen MR) is 97.3 cm³/mol. The lowest BCUT2D eigenvalue weighted by Crippen LogP contribution is -2.26. The van der Waals surface area contributed by atoms with Gasteiger partial charge < -0.3 is 10.7 Å². The smallest absolute Gasteiger partial charge is 0.233 e. The van der Waals surface area contributed by atoms with Crippen LogP contribution in [0.1, 0.15) is 35.6 Å². The number of H-pyrrole nitrogens is 1. The molecule has 3 aromatic rings. The number of hydrogen-bond acceptors (Lipinski definition) is 5. The zero-order chi connectivity index (χ0) is 17.7. The molecular formula is C19H18N6O. The topological polar surface area (TPSA) is 101 Å². The molecule has 1 fully saturated rings. The first kappa shape index (κ1) is 15.1. The number of rotatable bonds is 4. The van der Waals surface area contributed by atoms with Crippen LogP contribution < -0.4 is 10.6 Å². The molecule has 1 aliphatic carbocycles. The highest BCUT2D eigenvalue weighted by atomic mass is 16.2. The lowest BCUT2D eigenvalue weighted by molar-refractivity contribution is -0.117. The van der Waals surface area contributed by atoms with Crippen molar-refractivity contribution in [2.24, 2.45) is 0 Å². The minimum atomic E-state index is -0.0138. The van der Waals surface area contributed by atoms with Crippen LogP contribution in [-0.2, 0) is 17.8 Å². The van der Waals surface area contributed by atoms with Crippen molar-refractivity contribution >= 4 is 17.5 Å². The first-order chi connectivity index (χ1) is 12.7. The Bertz CT molecular complexity index is 993. The Morgan fingerprint density at radius 1 is 1.19 bits per heavy atom. The van der Waals surface area contributed by atoms with E-state index < -0.39 is 0 Å². The van der Waals surface area contributed by atoms with Gasteiger partial charge >= 0.3 is 0 Å². The van der Waals surface area contributed by atoms with Crippen LogP contribution in [0.4, 0.5) is 11.6 Å². The monoisotopic (exact) mass is 346 g/mol. The van der Waals surface area contributed by atoms with Gasteiger partial charge in [-0.05, 0) is 18.4 Å². The standard InChI is InChI=1S/C19H18N6O/c20-16-13-8-15(26)25(10-11-4-2-1-3-5-11)19(13)24-18(23-16)17-21-9-14(22-17)12-6-7-12/h1-5,9,12H,6-8,10H2,(H,21,22)(H2,20,23,24). The van der Waals surface area contributed by atoms with Gasteiger partial charge in [-0.2, -0.15) is 0 Å². The van der Waals surface area contributed by atoms with Gasteiger partial charge in [-0.1, -0.05) is 30.3 Å². The molecule has 1 amide bonds. The third-order valence-electron chi connectivity index (χ3n) is 4.91. The summed E-state index contributed by atoms with van der Waals surface area (Å²) in [5.74, 6) is 2.52.